The van der Waals surface area contributed by atoms with Crippen molar-refractivity contribution in [1.82, 2.24) is 19.7 Å². The van der Waals surface area contributed by atoms with Crippen molar-refractivity contribution >= 4 is 17.8 Å². The number of aromatic nitrogens is 2. The lowest BCUT2D eigenvalue weighted by Crippen LogP contribution is -2.34. The lowest BCUT2D eigenvalue weighted by atomic mass is 10.1. The Balaban J connectivity index is 1.91. The van der Waals surface area contributed by atoms with Crippen LogP contribution in [0.1, 0.15) is 47.4 Å². The third kappa shape index (κ3) is 4.17. The standard InChI is InChI=1S/C20H26N8O/c1-14(27(24)10-15-6-3-2-4-7-15)18(22)19-17(12-29)20(23)28(25-19)16-8-5-9-26(11-16)13-21/h2-4,6-7,12,16H,5,8-11,22-24H2,1H3/b18-14-. The summed E-state index contributed by atoms with van der Waals surface area (Å²) in [7, 11) is 0. The lowest BCUT2D eigenvalue weighted by Gasteiger charge is -2.29. The van der Waals surface area contributed by atoms with E-state index in [-0.39, 0.29) is 17.4 Å². The molecule has 0 aliphatic carbocycles. The van der Waals surface area contributed by atoms with Crippen molar-refractivity contribution in [2.24, 2.45) is 11.6 Å². The molecule has 0 spiro atoms. The topological polar surface area (TPSA) is 143 Å². The Kier molecular flexibility index (Phi) is 6.04. The van der Waals surface area contributed by atoms with Gasteiger partial charge in [0.2, 0.25) is 0 Å². The van der Waals surface area contributed by atoms with Gasteiger partial charge in [-0.25, -0.2) is 10.5 Å². The fourth-order valence-electron chi connectivity index (χ4n) is 3.52. The maximum absolute atomic E-state index is 11.7. The number of carbonyl (C=O) groups excluding carboxylic acids is 1. The molecule has 1 atom stereocenters. The van der Waals surface area contributed by atoms with Gasteiger partial charge in [-0.2, -0.15) is 10.4 Å². The molecule has 152 valence electrons. The molecule has 1 aliphatic rings. The molecular formula is C20H26N8O. The number of carbonyl (C=O) groups is 1. The van der Waals surface area contributed by atoms with Gasteiger partial charge in [0.1, 0.15) is 11.5 Å². The zero-order valence-corrected chi connectivity index (χ0v) is 16.5. The average molecular weight is 394 g/mol. The molecule has 9 heteroatoms. The molecule has 1 unspecified atom stereocenters. The molecule has 3 rings (SSSR count). The minimum Gasteiger partial charge on any atom is -0.395 e. The number of nitrogens with zero attached hydrogens (tertiary/aromatic N) is 5. The molecule has 6 N–H and O–H groups in total. The summed E-state index contributed by atoms with van der Waals surface area (Å²) in [6, 6.07) is 9.65. The summed E-state index contributed by atoms with van der Waals surface area (Å²) in [6.07, 6.45) is 4.50. The van der Waals surface area contributed by atoms with Crippen LogP contribution in [0.2, 0.25) is 0 Å². The first kappa shape index (κ1) is 20.2. The molecule has 0 amide bonds. The normalized spacial score (nSPS) is 17.4. The highest BCUT2D eigenvalue weighted by Gasteiger charge is 2.27. The van der Waals surface area contributed by atoms with Crippen molar-refractivity contribution < 1.29 is 4.79 Å². The Hall–Kier alpha value is -3.51. The summed E-state index contributed by atoms with van der Waals surface area (Å²) >= 11 is 0. The predicted molar refractivity (Wildman–Crippen MR) is 110 cm³/mol. The van der Waals surface area contributed by atoms with E-state index < -0.39 is 0 Å². The van der Waals surface area contributed by atoms with Crippen molar-refractivity contribution in [2.75, 3.05) is 18.8 Å². The number of hydrogen-bond acceptors (Lipinski definition) is 8. The van der Waals surface area contributed by atoms with Crippen molar-refractivity contribution in [1.29, 1.82) is 5.26 Å². The van der Waals surface area contributed by atoms with E-state index in [1.54, 1.807) is 16.5 Å². The predicted octanol–water partition coefficient (Wildman–Crippen LogP) is 1.42. The van der Waals surface area contributed by atoms with Crippen LogP contribution >= 0.6 is 0 Å². The molecule has 0 bridgehead atoms. The molecule has 1 aromatic carbocycles. The highest BCUT2D eigenvalue weighted by atomic mass is 16.1. The van der Waals surface area contributed by atoms with Crippen LogP contribution in [0.3, 0.4) is 0 Å². The molecule has 1 fully saturated rings. The van der Waals surface area contributed by atoms with Gasteiger partial charge in [-0.05, 0) is 25.3 Å². The zero-order valence-electron chi connectivity index (χ0n) is 16.5. The number of benzene rings is 1. The second kappa shape index (κ2) is 8.67. The van der Waals surface area contributed by atoms with Gasteiger partial charge in [0.25, 0.3) is 0 Å². The summed E-state index contributed by atoms with van der Waals surface area (Å²) in [5.74, 6) is 6.45. The molecule has 0 radical (unpaired) electrons. The van der Waals surface area contributed by atoms with E-state index in [9.17, 15) is 10.1 Å². The zero-order chi connectivity index (χ0) is 21.0. The van der Waals surface area contributed by atoms with Gasteiger partial charge in [-0.3, -0.25) is 4.79 Å². The van der Waals surface area contributed by atoms with Crippen LogP contribution in [-0.4, -0.2) is 39.1 Å². The largest absolute Gasteiger partial charge is 0.395 e. The van der Waals surface area contributed by atoms with Crippen LogP contribution in [0.25, 0.3) is 5.70 Å². The summed E-state index contributed by atoms with van der Waals surface area (Å²) in [5, 5.41) is 15.2. The van der Waals surface area contributed by atoms with Gasteiger partial charge in [0.15, 0.2) is 12.5 Å². The van der Waals surface area contributed by atoms with E-state index in [4.69, 9.17) is 17.3 Å². The summed E-state index contributed by atoms with van der Waals surface area (Å²) in [4.78, 5) is 13.4. The van der Waals surface area contributed by atoms with Crippen LogP contribution in [0.5, 0.6) is 0 Å². The summed E-state index contributed by atoms with van der Waals surface area (Å²) < 4.78 is 1.61. The average Bonchev–Trinajstić information content (AvgIpc) is 3.09. The van der Waals surface area contributed by atoms with Gasteiger partial charge in [-0.1, -0.05) is 30.3 Å². The number of aldehydes is 1. The Labute approximate surface area is 169 Å². The van der Waals surface area contributed by atoms with Gasteiger partial charge < -0.3 is 21.4 Å². The minimum absolute atomic E-state index is 0.0951. The minimum atomic E-state index is -0.0951. The smallest absolute Gasteiger partial charge is 0.179 e. The third-order valence-electron chi connectivity index (χ3n) is 5.26. The van der Waals surface area contributed by atoms with Crippen molar-refractivity contribution in [3.05, 3.63) is 52.8 Å². The van der Waals surface area contributed by atoms with Crippen LogP contribution in [-0.2, 0) is 6.54 Å². The molecule has 9 nitrogen and oxygen atoms in total. The monoisotopic (exact) mass is 394 g/mol. The number of likely N-dealkylation sites (tertiary alicyclic amines) is 1. The van der Waals surface area contributed by atoms with Crippen LogP contribution in [0.4, 0.5) is 5.82 Å². The number of nitrogens with two attached hydrogens (primary N) is 3. The van der Waals surface area contributed by atoms with E-state index in [0.717, 1.165) is 18.4 Å². The van der Waals surface area contributed by atoms with Gasteiger partial charge in [0.05, 0.1) is 36.1 Å². The first-order valence-corrected chi connectivity index (χ1v) is 9.47. The van der Waals surface area contributed by atoms with E-state index in [1.165, 1.54) is 5.01 Å². The highest BCUT2D eigenvalue weighted by molar-refractivity contribution is 5.89. The fourth-order valence-corrected chi connectivity index (χ4v) is 3.52. The number of rotatable bonds is 6. The van der Waals surface area contributed by atoms with E-state index in [1.807, 2.05) is 30.3 Å². The van der Waals surface area contributed by atoms with E-state index >= 15 is 0 Å². The Morgan fingerprint density at radius 2 is 2.14 bits per heavy atom. The number of anilines is 1. The number of nitrogen functional groups attached to an aromatic ring is 1. The molecule has 1 aliphatic heterocycles. The molecule has 2 aromatic rings. The summed E-state index contributed by atoms with van der Waals surface area (Å²) in [5.41, 5.74) is 15.0. The Morgan fingerprint density at radius 1 is 1.41 bits per heavy atom. The van der Waals surface area contributed by atoms with Crippen molar-refractivity contribution in [2.45, 2.75) is 32.4 Å². The van der Waals surface area contributed by atoms with E-state index in [0.29, 0.717) is 43.0 Å². The lowest BCUT2D eigenvalue weighted by molar-refractivity contribution is 0.112. The van der Waals surface area contributed by atoms with Gasteiger partial charge in [0, 0.05) is 6.54 Å². The SMILES string of the molecule is C/C(=C(/N)c1nn(C2CCCN(C#N)C2)c(N)c1C=O)N(N)Cc1ccccc1. The molecule has 2 heterocycles. The van der Waals surface area contributed by atoms with E-state index in [2.05, 4.69) is 11.3 Å². The molecule has 1 aromatic heterocycles. The van der Waals surface area contributed by atoms with Gasteiger partial charge >= 0.3 is 0 Å². The maximum atomic E-state index is 11.7. The highest BCUT2D eigenvalue weighted by Crippen LogP contribution is 2.29. The first-order valence-electron chi connectivity index (χ1n) is 9.47. The van der Waals surface area contributed by atoms with Crippen LogP contribution in [0, 0.1) is 11.5 Å². The number of nitriles is 1. The molecule has 0 saturated carbocycles. The summed E-state index contributed by atoms with van der Waals surface area (Å²) in [6.45, 7) is 3.45. The second-order valence-electron chi connectivity index (χ2n) is 7.16. The molecule has 1 saturated heterocycles. The Morgan fingerprint density at radius 3 is 2.79 bits per heavy atom. The number of hydrogen-bond donors (Lipinski definition) is 3. The van der Waals surface area contributed by atoms with Crippen molar-refractivity contribution in [3.8, 4) is 6.19 Å². The second-order valence-corrected chi connectivity index (χ2v) is 7.16. The number of allylic oxidation sites excluding steroid dienone is 1. The number of piperidine rings is 1. The first-order chi connectivity index (χ1) is 14.0. The molecular weight excluding hydrogens is 368 g/mol. The maximum Gasteiger partial charge on any atom is 0.179 e. The van der Waals surface area contributed by atoms with Crippen molar-refractivity contribution in [3.63, 3.8) is 0 Å². The Bertz CT molecular complexity index is 943. The fraction of sp³-hybridized carbons (Fsp3) is 0.350. The third-order valence-corrected chi connectivity index (χ3v) is 5.26. The van der Waals surface area contributed by atoms with Gasteiger partial charge in [-0.15, -0.1) is 0 Å². The van der Waals surface area contributed by atoms with Crippen LogP contribution < -0.4 is 17.3 Å². The van der Waals surface area contributed by atoms with Crippen LogP contribution in [0.15, 0.2) is 36.0 Å². The number of hydrazine groups is 1. The quantitative estimate of drug-likeness (QED) is 0.289. The molecule has 29 heavy (non-hydrogen) atoms.